The van der Waals surface area contributed by atoms with Crippen molar-refractivity contribution in [1.29, 1.82) is 0 Å². The van der Waals surface area contributed by atoms with Crippen molar-refractivity contribution in [3.63, 3.8) is 0 Å². The van der Waals surface area contributed by atoms with Gasteiger partial charge in [-0.25, -0.2) is 9.07 Å². The molecule has 1 amide bonds. The van der Waals surface area contributed by atoms with Crippen LogP contribution in [0.3, 0.4) is 0 Å². The summed E-state index contributed by atoms with van der Waals surface area (Å²) in [6.07, 6.45) is 6.15. The lowest BCUT2D eigenvalue weighted by Crippen LogP contribution is -2.41. The van der Waals surface area contributed by atoms with E-state index in [2.05, 4.69) is 17.3 Å². The molecule has 1 aliphatic rings. The third-order valence-electron chi connectivity index (χ3n) is 4.71. The van der Waals surface area contributed by atoms with Crippen LogP contribution in [-0.4, -0.2) is 28.3 Å². The molecule has 1 aliphatic carbocycles. The SMILES string of the molecule is CCOc1cn(-c2ccc(F)cc2)nc1C(=O)N[C@@H]1CCCC[C@@H]1C. The normalized spacial score (nSPS) is 20.3. The molecule has 1 heterocycles. The number of carbonyl (C=O) groups excluding carboxylic acids is 1. The fraction of sp³-hybridized carbons (Fsp3) is 0.474. The van der Waals surface area contributed by atoms with Gasteiger partial charge in [0.05, 0.1) is 18.5 Å². The molecule has 1 aromatic heterocycles. The largest absolute Gasteiger partial charge is 0.490 e. The van der Waals surface area contributed by atoms with Gasteiger partial charge in [0.2, 0.25) is 0 Å². The lowest BCUT2D eigenvalue weighted by molar-refractivity contribution is 0.0901. The molecule has 3 rings (SSSR count). The first-order valence-corrected chi connectivity index (χ1v) is 8.87. The molecule has 2 atom stereocenters. The van der Waals surface area contributed by atoms with Gasteiger partial charge in [0, 0.05) is 6.04 Å². The molecule has 1 N–H and O–H groups in total. The lowest BCUT2D eigenvalue weighted by Gasteiger charge is -2.29. The Morgan fingerprint density at radius 3 is 2.72 bits per heavy atom. The summed E-state index contributed by atoms with van der Waals surface area (Å²) in [5, 5.41) is 7.48. The molecule has 0 saturated heterocycles. The van der Waals surface area contributed by atoms with Gasteiger partial charge in [0.1, 0.15) is 5.82 Å². The maximum atomic E-state index is 13.1. The van der Waals surface area contributed by atoms with Crippen molar-refractivity contribution in [1.82, 2.24) is 15.1 Å². The standard InChI is InChI=1S/C19H24FN3O2/c1-3-25-17-12-23(15-10-8-14(20)9-11-15)22-18(17)19(24)21-16-7-5-4-6-13(16)2/h8-13,16H,3-7H2,1-2H3,(H,21,24)/t13-,16+/m0/s1. The smallest absolute Gasteiger partial charge is 0.275 e. The van der Waals surface area contributed by atoms with Crippen LogP contribution in [0.25, 0.3) is 5.69 Å². The number of amides is 1. The van der Waals surface area contributed by atoms with Crippen LogP contribution in [0.15, 0.2) is 30.5 Å². The Morgan fingerprint density at radius 2 is 2.04 bits per heavy atom. The van der Waals surface area contributed by atoms with Gasteiger partial charge in [0.25, 0.3) is 5.91 Å². The minimum Gasteiger partial charge on any atom is -0.490 e. The van der Waals surface area contributed by atoms with Crippen molar-refractivity contribution >= 4 is 5.91 Å². The maximum Gasteiger partial charge on any atom is 0.275 e. The number of aromatic nitrogens is 2. The minimum absolute atomic E-state index is 0.173. The number of nitrogens with one attached hydrogen (secondary N) is 1. The lowest BCUT2D eigenvalue weighted by atomic mass is 9.86. The highest BCUT2D eigenvalue weighted by atomic mass is 19.1. The van der Waals surface area contributed by atoms with E-state index in [1.165, 1.54) is 18.6 Å². The zero-order valence-electron chi connectivity index (χ0n) is 14.7. The molecule has 0 unspecified atom stereocenters. The monoisotopic (exact) mass is 345 g/mol. The molecule has 25 heavy (non-hydrogen) atoms. The highest BCUT2D eigenvalue weighted by Crippen LogP contribution is 2.25. The molecule has 2 aromatic rings. The van der Waals surface area contributed by atoms with Crippen molar-refractivity contribution in [2.75, 3.05) is 6.61 Å². The Morgan fingerprint density at radius 1 is 1.32 bits per heavy atom. The third kappa shape index (κ3) is 4.00. The van der Waals surface area contributed by atoms with Crippen molar-refractivity contribution in [3.8, 4) is 11.4 Å². The molecule has 0 radical (unpaired) electrons. The molecule has 1 aromatic carbocycles. The average Bonchev–Trinajstić information content (AvgIpc) is 3.02. The van der Waals surface area contributed by atoms with E-state index in [9.17, 15) is 9.18 Å². The number of rotatable bonds is 5. The van der Waals surface area contributed by atoms with Gasteiger partial charge in [-0.3, -0.25) is 4.79 Å². The average molecular weight is 345 g/mol. The van der Waals surface area contributed by atoms with E-state index < -0.39 is 0 Å². The summed E-state index contributed by atoms with van der Waals surface area (Å²) in [7, 11) is 0. The number of ether oxygens (including phenoxy) is 1. The molecule has 1 fully saturated rings. The first-order chi connectivity index (χ1) is 12.1. The number of hydrogen-bond donors (Lipinski definition) is 1. The molecule has 1 saturated carbocycles. The Bertz CT molecular complexity index is 727. The number of carbonyl (C=O) groups is 1. The summed E-state index contributed by atoms with van der Waals surface area (Å²) in [5.74, 6) is 0.369. The molecule has 0 bridgehead atoms. The predicted molar refractivity (Wildman–Crippen MR) is 93.6 cm³/mol. The fourth-order valence-electron chi connectivity index (χ4n) is 3.27. The van der Waals surface area contributed by atoms with Crippen LogP contribution >= 0.6 is 0 Å². The van der Waals surface area contributed by atoms with Crippen LogP contribution in [0.5, 0.6) is 5.75 Å². The van der Waals surface area contributed by atoms with Gasteiger partial charge in [0.15, 0.2) is 11.4 Å². The Balaban J connectivity index is 1.83. The number of hydrogen-bond acceptors (Lipinski definition) is 3. The van der Waals surface area contributed by atoms with Gasteiger partial charge in [-0.1, -0.05) is 19.8 Å². The van der Waals surface area contributed by atoms with Crippen molar-refractivity contribution in [3.05, 3.63) is 42.0 Å². The van der Waals surface area contributed by atoms with E-state index in [-0.39, 0.29) is 23.5 Å². The second-order valence-electron chi connectivity index (χ2n) is 6.54. The fourth-order valence-corrected chi connectivity index (χ4v) is 3.27. The molecular weight excluding hydrogens is 321 g/mol. The highest BCUT2D eigenvalue weighted by molar-refractivity contribution is 5.95. The number of halogens is 1. The maximum absolute atomic E-state index is 13.1. The number of nitrogens with zero attached hydrogens (tertiary/aromatic N) is 2. The first-order valence-electron chi connectivity index (χ1n) is 8.87. The summed E-state index contributed by atoms with van der Waals surface area (Å²) in [6, 6.07) is 6.12. The van der Waals surface area contributed by atoms with E-state index >= 15 is 0 Å². The van der Waals surface area contributed by atoms with Crippen LogP contribution in [0.2, 0.25) is 0 Å². The summed E-state index contributed by atoms with van der Waals surface area (Å²) >= 11 is 0. The van der Waals surface area contributed by atoms with Crippen LogP contribution in [0.4, 0.5) is 4.39 Å². The Hall–Kier alpha value is -2.37. The summed E-state index contributed by atoms with van der Waals surface area (Å²) < 4.78 is 20.2. The quantitative estimate of drug-likeness (QED) is 0.898. The molecule has 0 spiro atoms. The van der Waals surface area contributed by atoms with E-state index in [1.807, 2.05) is 6.92 Å². The van der Waals surface area contributed by atoms with Crippen molar-refractivity contribution in [2.45, 2.75) is 45.6 Å². The first kappa shape index (κ1) is 17.5. The second kappa shape index (κ2) is 7.68. The van der Waals surface area contributed by atoms with Crippen molar-refractivity contribution in [2.24, 2.45) is 5.92 Å². The topological polar surface area (TPSA) is 56.2 Å². The molecular formula is C19H24FN3O2. The minimum atomic E-state index is -0.315. The van der Waals surface area contributed by atoms with Crippen LogP contribution in [0.1, 0.15) is 50.0 Å². The zero-order valence-corrected chi connectivity index (χ0v) is 14.7. The van der Waals surface area contributed by atoms with Gasteiger partial charge < -0.3 is 10.1 Å². The van der Waals surface area contributed by atoms with Crippen LogP contribution < -0.4 is 10.1 Å². The van der Waals surface area contributed by atoms with Crippen LogP contribution in [0, 0.1) is 11.7 Å². The van der Waals surface area contributed by atoms with Gasteiger partial charge in [-0.2, -0.15) is 5.10 Å². The molecule has 5 nitrogen and oxygen atoms in total. The zero-order chi connectivity index (χ0) is 17.8. The van der Waals surface area contributed by atoms with Crippen molar-refractivity contribution < 1.29 is 13.9 Å². The van der Waals surface area contributed by atoms with E-state index in [0.717, 1.165) is 19.3 Å². The summed E-state index contributed by atoms with van der Waals surface area (Å²) in [6.45, 7) is 4.47. The molecule has 6 heteroatoms. The Labute approximate surface area is 147 Å². The van der Waals surface area contributed by atoms with E-state index in [1.54, 1.807) is 23.0 Å². The third-order valence-corrected chi connectivity index (χ3v) is 4.71. The van der Waals surface area contributed by atoms with Gasteiger partial charge in [-0.05, 0) is 49.9 Å². The highest BCUT2D eigenvalue weighted by Gasteiger charge is 2.26. The second-order valence-corrected chi connectivity index (χ2v) is 6.54. The number of benzene rings is 1. The Kier molecular flexibility index (Phi) is 5.36. The van der Waals surface area contributed by atoms with Crippen LogP contribution in [-0.2, 0) is 0 Å². The van der Waals surface area contributed by atoms with E-state index in [4.69, 9.17) is 4.74 Å². The van der Waals surface area contributed by atoms with Gasteiger partial charge in [-0.15, -0.1) is 0 Å². The predicted octanol–water partition coefficient (Wildman–Crippen LogP) is 3.72. The molecule has 0 aliphatic heterocycles. The molecule has 134 valence electrons. The summed E-state index contributed by atoms with van der Waals surface area (Å²) in [5.41, 5.74) is 0.941. The summed E-state index contributed by atoms with van der Waals surface area (Å²) in [4.78, 5) is 12.7. The van der Waals surface area contributed by atoms with Gasteiger partial charge >= 0.3 is 0 Å². The van der Waals surface area contributed by atoms with E-state index in [0.29, 0.717) is 24.0 Å².